The lowest BCUT2D eigenvalue weighted by Crippen LogP contribution is -1.96. The lowest BCUT2D eigenvalue weighted by molar-refractivity contribution is 0.101. The summed E-state index contributed by atoms with van der Waals surface area (Å²) in [6.07, 6.45) is 5.39. The maximum atomic E-state index is 11.3. The van der Waals surface area contributed by atoms with Crippen LogP contribution in [0.4, 0.5) is 0 Å². The van der Waals surface area contributed by atoms with Crippen molar-refractivity contribution in [2.45, 2.75) is 42.8 Å². The highest BCUT2D eigenvalue weighted by Gasteiger charge is 2.16. The Hall–Kier alpha value is -0.280. The minimum Gasteiger partial charge on any atom is -0.294 e. The van der Waals surface area contributed by atoms with Crippen LogP contribution in [0, 0.1) is 0 Å². The smallest absolute Gasteiger partial charge is 0.160 e. The molecule has 3 heteroatoms. The van der Waals surface area contributed by atoms with Crippen LogP contribution >= 0.6 is 27.7 Å². The standard InChI is InChI=1S/C13H15BrOS/c1-9(15)12-7-6-11(8-13(12)14)16-10-4-2-3-5-10/h6-8,10H,2-5H2,1H3. The van der Waals surface area contributed by atoms with E-state index in [1.54, 1.807) is 6.92 Å². The molecule has 2 rings (SSSR count). The Bertz CT molecular complexity index is 397. The zero-order valence-corrected chi connectivity index (χ0v) is 11.7. The van der Waals surface area contributed by atoms with Crippen molar-refractivity contribution in [3.63, 3.8) is 0 Å². The molecule has 0 heterocycles. The first kappa shape index (κ1) is 12.2. The first-order valence-corrected chi connectivity index (χ1v) is 7.31. The number of ketones is 1. The molecule has 16 heavy (non-hydrogen) atoms. The van der Waals surface area contributed by atoms with Crippen molar-refractivity contribution in [3.05, 3.63) is 28.2 Å². The normalized spacial score (nSPS) is 16.6. The molecule has 0 aliphatic heterocycles. The molecule has 0 spiro atoms. The van der Waals surface area contributed by atoms with E-state index in [2.05, 4.69) is 28.1 Å². The number of hydrogen-bond acceptors (Lipinski definition) is 2. The number of rotatable bonds is 3. The van der Waals surface area contributed by atoms with Crippen LogP contribution in [0.3, 0.4) is 0 Å². The van der Waals surface area contributed by atoms with Gasteiger partial charge in [0, 0.05) is 20.2 Å². The minimum absolute atomic E-state index is 0.115. The van der Waals surface area contributed by atoms with Crippen LogP contribution in [0.5, 0.6) is 0 Å². The van der Waals surface area contributed by atoms with Gasteiger partial charge in [-0.25, -0.2) is 0 Å². The van der Waals surface area contributed by atoms with Gasteiger partial charge in [-0.05, 0) is 38.0 Å². The molecule has 1 aliphatic rings. The van der Waals surface area contributed by atoms with Gasteiger partial charge in [0.2, 0.25) is 0 Å². The fraction of sp³-hybridized carbons (Fsp3) is 0.462. The van der Waals surface area contributed by atoms with E-state index < -0.39 is 0 Å². The van der Waals surface area contributed by atoms with Crippen molar-refractivity contribution in [3.8, 4) is 0 Å². The van der Waals surface area contributed by atoms with Crippen molar-refractivity contribution in [2.24, 2.45) is 0 Å². The molecule has 1 nitrogen and oxygen atoms in total. The fourth-order valence-electron chi connectivity index (χ4n) is 2.05. The summed E-state index contributed by atoms with van der Waals surface area (Å²) >= 11 is 5.41. The van der Waals surface area contributed by atoms with Crippen molar-refractivity contribution in [1.82, 2.24) is 0 Å². The summed E-state index contributed by atoms with van der Waals surface area (Å²) in [4.78, 5) is 12.6. The van der Waals surface area contributed by atoms with Gasteiger partial charge in [-0.1, -0.05) is 28.8 Å². The number of thioether (sulfide) groups is 1. The van der Waals surface area contributed by atoms with Gasteiger partial charge in [0.1, 0.15) is 0 Å². The number of halogens is 1. The molecule has 0 atom stereocenters. The quantitative estimate of drug-likeness (QED) is 0.753. The van der Waals surface area contributed by atoms with E-state index in [9.17, 15) is 4.79 Å². The van der Waals surface area contributed by atoms with Gasteiger partial charge in [-0.2, -0.15) is 0 Å². The van der Waals surface area contributed by atoms with Gasteiger partial charge < -0.3 is 0 Å². The Balaban J connectivity index is 2.11. The first-order valence-electron chi connectivity index (χ1n) is 5.64. The topological polar surface area (TPSA) is 17.1 Å². The molecule has 1 fully saturated rings. The molecule has 0 radical (unpaired) electrons. The third-order valence-corrected chi connectivity index (χ3v) is 4.91. The van der Waals surface area contributed by atoms with Crippen LogP contribution in [0.1, 0.15) is 43.0 Å². The summed E-state index contributed by atoms with van der Waals surface area (Å²) in [5, 5.41) is 0.773. The molecule has 1 aromatic carbocycles. The average molecular weight is 299 g/mol. The van der Waals surface area contributed by atoms with E-state index in [0.717, 1.165) is 15.3 Å². The summed E-state index contributed by atoms with van der Waals surface area (Å²) in [7, 11) is 0. The second-order valence-electron chi connectivity index (χ2n) is 4.22. The number of hydrogen-bond donors (Lipinski definition) is 0. The van der Waals surface area contributed by atoms with Gasteiger partial charge in [0.25, 0.3) is 0 Å². The van der Waals surface area contributed by atoms with E-state index in [-0.39, 0.29) is 5.78 Å². The third-order valence-electron chi connectivity index (χ3n) is 2.92. The number of carbonyl (C=O) groups excluding carboxylic acids is 1. The van der Waals surface area contributed by atoms with Crippen molar-refractivity contribution in [1.29, 1.82) is 0 Å². The second kappa shape index (κ2) is 5.37. The Morgan fingerprint density at radius 2 is 2.06 bits per heavy atom. The number of benzene rings is 1. The molecule has 0 bridgehead atoms. The maximum Gasteiger partial charge on any atom is 0.160 e. The molecule has 0 saturated heterocycles. The van der Waals surface area contributed by atoms with Gasteiger partial charge >= 0.3 is 0 Å². The van der Waals surface area contributed by atoms with E-state index in [4.69, 9.17) is 0 Å². The Kier molecular flexibility index (Phi) is 4.09. The molecule has 1 aliphatic carbocycles. The van der Waals surface area contributed by atoms with Crippen LogP contribution in [-0.2, 0) is 0 Å². The average Bonchev–Trinajstić information content (AvgIpc) is 2.70. The fourth-order valence-corrected chi connectivity index (χ4v) is 4.15. The summed E-state index contributed by atoms with van der Waals surface area (Å²) in [5.74, 6) is 0.115. The largest absolute Gasteiger partial charge is 0.294 e. The Morgan fingerprint density at radius 1 is 1.38 bits per heavy atom. The first-order chi connectivity index (χ1) is 7.66. The van der Waals surface area contributed by atoms with E-state index in [0.29, 0.717) is 0 Å². The van der Waals surface area contributed by atoms with Crippen LogP contribution in [0.15, 0.2) is 27.6 Å². The molecular formula is C13H15BrOS. The van der Waals surface area contributed by atoms with Crippen LogP contribution in [-0.4, -0.2) is 11.0 Å². The molecule has 0 N–H and O–H groups in total. The van der Waals surface area contributed by atoms with E-state index in [1.807, 2.05) is 17.8 Å². The molecule has 1 aromatic rings. The van der Waals surface area contributed by atoms with Gasteiger partial charge in [0.05, 0.1) is 0 Å². The summed E-state index contributed by atoms with van der Waals surface area (Å²) in [6.45, 7) is 1.60. The van der Waals surface area contributed by atoms with Crippen molar-refractivity contribution < 1.29 is 4.79 Å². The molecule has 0 unspecified atom stereocenters. The third kappa shape index (κ3) is 2.89. The molecule has 1 saturated carbocycles. The zero-order valence-electron chi connectivity index (χ0n) is 9.33. The highest BCUT2D eigenvalue weighted by molar-refractivity contribution is 9.10. The van der Waals surface area contributed by atoms with Crippen molar-refractivity contribution in [2.75, 3.05) is 0 Å². The monoisotopic (exact) mass is 298 g/mol. The predicted octanol–water partition coefficient (Wildman–Crippen LogP) is 4.69. The molecule has 86 valence electrons. The van der Waals surface area contributed by atoms with Gasteiger partial charge in [-0.3, -0.25) is 4.79 Å². The maximum absolute atomic E-state index is 11.3. The number of carbonyl (C=O) groups is 1. The van der Waals surface area contributed by atoms with Crippen molar-refractivity contribution >= 4 is 33.5 Å². The molecule has 0 amide bonds. The minimum atomic E-state index is 0.115. The van der Waals surface area contributed by atoms with Crippen LogP contribution in [0.25, 0.3) is 0 Å². The predicted molar refractivity (Wildman–Crippen MR) is 72.3 cm³/mol. The van der Waals surface area contributed by atoms with E-state index in [1.165, 1.54) is 30.6 Å². The van der Waals surface area contributed by atoms with Gasteiger partial charge in [-0.15, -0.1) is 11.8 Å². The lowest BCUT2D eigenvalue weighted by Gasteiger charge is -2.09. The lowest BCUT2D eigenvalue weighted by atomic mass is 10.1. The number of Topliss-reactive ketones (excluding diaryl/α,β-unsaturated/α-hetero) is 1. The second-order valence-corrected chi connectivity index (χ2v) is 6.45. The van der Waals surface area contributed by atoms with Crippen LogP contribution < -0.4 is 0 Å². The molecule has 0 aromatic heterocycles. The van der Waals surface area contributed by atoms with Crippen LogP contribution in [0.2, 0.25) is 0 Å². The molecular weight excluding hydrogens is 284 g/mol. The SMILES string of the molecule is CC(=O)c1ccc(SC2CCCC2)cc1Br. The summed E-state index contributed by atoms with van der Waals surface area (Å²) < 4.78 is 0.919. The Morgan fingerprint density at radius 3 is 2.62 bits per heavy atom. The van der Waals surface area contributed by atoms with Gasteiger partial charge in [0.15, 0.2) is 5.78 Å². The zero-order chi connectivity index (χ0) is 11.5. The summed E-state index contributed by atoms with van der Waals surface area (Å²) in [5.41, 5.74) is 0.774. The highest BCUT2D eigenvalue weighted by atomic mass is 79.9. The highest BCUT2D eigenvalue weighted by Crippen LogP contribution is 2.36. The Labute approximate surface area is 109 Å². The van der Waals surface area contributed by atoms with E-state index >= 15 is 0 Å². The summed E-state index contributed by atoms with van der Waals surface area (Å²) in [6, 6.07) is 6.05.